The van der Waals surface area contributed by atoms with Crippen molar-refractivity contribution in [1.82, 2.24) is 10.2 Å². The van der Waals surface area contributed by atoms with Gasteiger partial charge in [0.15, 0.2) is 18.1 Å². The lowest BCUT2D eigenvalue weighted by atomic mass is 9.96. The molecule has 3 aliphatic rings. The second kappa shape index (κ2) is 6.70. The predicted octanol–water partition coefficient (Wildman–Crippen LogP) is 0.617. The van der Waals surface area contributed by atoms with Crippen LogP contribution in [0.1, 0.15) is 19.8 Å². The van der Waals surface area contributed by atoms with Gasteiger partial charge in [-0.15, -0.1) is 0 Å². The summed E-state index contributed by atoms with van der Waals surface area (Å²) in [7, 11) is 0. The number of nitrogens with one attached hydrogen (secondary N) is 2. The monoisotopic (exact) mass is 389 g/mol. The highest BCUT2D eigenvalue weighted by atomic mass is 16.7. The Morgan fingerprint density at radius 1 is 1.29 bits per heavy atom. The molecule has 4 rings (SSSR count). The van der Waals surface area contributed by atoms with Crippen LogP contribution >= 0.6 is 0 Å². The fourth-order valence-corrected chi connectivity index (χ4v) is 3.29. The van der Waals surface area contributed by atoms with Crippen molar-refractivity contribution in [3.05, 3.63) is 18.2 Å². The molecule has 10 heteroatoms. The van der Waals surface area contributed by atoms with Crippen molar-refractivity contribution in [3.8, 4) is 11.5 Å². The molecule has 0 spiro atoms. The van der Waals surface area contributed by atoms with E-state index in [0.717, 1.165) is 17.7 Å². The number of hydrogen-bond acceptors (Lipinski definition) is 7. The third-order valence-corrected chi connectivity index (χ3v) is 5.00. The van der Waals surface area contributed by atoms with Gasteiger partial charge >= 0.3 is 12.0 Å². The van der Waals surface area contributed by atoms with E-state index in [9.17, 15) is 19.2 Å². The number of carbonyl (C=O) groups excluding carboxylic acids is 4. The Kier molecular flexibility index (Phi) is 4.33. The Hall–Kier alpha value is -3.30. The number of hydrogen-bond donors (Lipinski definition) is 2. The summed E-state index contributed by atoms with van der Waals surface area (Å²) >= 11 is 0. The van der Waals surface area contributed by atoms with Gasteiger partial charge in [0.1, 0.15) is 12.1 Å². The van der Waals surface area contributed by atoms with Crippen LogP contribution < -0.4 is 20.1 Å². The number of ether oxygens (including phenoxy) is 3. The van der Waals surface area contributed by atoms with Crippen molar-refractivity contribution < 1.29 is 33.4 Å². The second-order valence-electron chi connectivity index (χ2n) is 7.07. The summed E-state index contributed by atoms with van der Waals surface area (Å²) in [5, 5.41) is 5.21. The summed E-state index contributed by atoms with van der Waals surface area (Å²) in [5.74, 6) is -0.668. The minimum absolute atomic E-state index is 0.0949. The first-order valence-corrected chi connectivity index (χ1v) is 8.86. The molecule has 0 bridgehead atoms. The fourth-order valence-electron chi connectivity index (χ4n) is 3.29. The van der Waals surface area contributed by atoms with Gasteiger partial charge in [-0.2, -0.15) is 0 Å². The van der Waals surface area contributed by atoms with Crippen LogP contribution in [0.5, 0.6) is 11.5 Å². The highest BCUT2D eigenvalue weighted by molar-refractivity contribution is 6.09. The van der Waals surface area contributed by atoms with E-state index in [-0.39, 0.29) is 12.7 Å². The largest absolute Gasteiger partial charge is 0.454 e. The first-order valence-electron chi connectivity index (χ1n) is 8.86. The topological polar surface area (TPSA) is 123 Å². The first kappa shape index (κ1) is 18.1. The zero-order valence-corrected chi connectivity index (χ0v) is 15.1. The van der Waals surface area contributed by atoms with E-state index in [4.69, 9.17) is 14.2 Å². The van der Waals surface area contributed by atoms with Crippen LogP contribution in [-0.2, 0) is 19.1 Å². The van der Waals surface area contributed by atoms with Gasteiger partial charge in [-0.25, -0.2) is 4.79 Å². The van der Waals surface area contributed by atoms with Crippen molar-refractivity contribution in [2.75, 3.05) is 25.3 Å². The number of imide groups is 1. The van der Waals surface area contributed by atoms with Gasteiger partial charge in [0.25, 0.3) is 11.8 Å². The lowest BCUT2D eigenvalue weighted by Gasteiger charge is -2.20. The average molecular weight is 389 g/mol. The maximum atomic E-state index is 12.5. The molecule has 0 radical (unpaired) electrons. The highest BCUT2D eigenvalue weighted by Crippen LogP contribution is 2.42. The Labute approximate surface area is 160 Å². The summed E-state index contributed by atoms with van der Waals surface area (Å²) in [5.41, 5.74) is -0.506. The predicted molar refractivity (Wildman–Crippen MR) is 93.5 cm³/mol. The molecular weight excluding hydrogens is 370 g/mol. The molecule has 1 atom stereocenters. The molecule has 2 aliphatic heterocycles. The minimum Gasteiger partial charge on any atom is -0.454 e. The maximum Gasteiger partial charge on any atom is 0.326 e. The molecule has 1 aromatic carbocycles. The smallest absolute Gasteiger partial charge is 0.326 e. The number of benzene rings is 1. The van der Waals surface area contributed by atoms with Crippen molar-refractivity contribution in [3.63, 3.8) is 0 Å². The quantitative estimate of drug-likeness (QED) is 0.540. The minimum atomic E-state index is -0.964. The van der Waals surface area contributed by atoms with Crippen LogP contribution in [-0.4, -0.2) is 54.2 Å². The molecule has 0 unspecified atom stereocenters. The zero-order valence-electron chi connectivity index (χ0n) is 15.1. The molecule has 148 valence electrons. The lowest BCUT2D eigenvalue weighted by Crippen LogP contribution is -2.46. The van der Waals surface area contributed by atoms with Gasteiger partial charge in [0.2, 0.25) is 6.79 Å². The van der Waals surface area contributed by atoms with Gasteiger partial charge in [-0.3, -0.25) is 19.3 Å². The van der Waals surface area contributed by atoms with Gasteiger partial charge in [-0.05, 0) is 37.8 Å². The summed E-state index contributed by atoms with van der Waals surface area (Å²) in [6.07, 6.45) is 1.72. The highest BCUT2D eigenvalue weighted by Gasteiger charge is 2.56. The summed E-state index contributed by atoms with van der Waals surface area (Å²) in [6.45, 7) is 0.698. The van der Waals surface area contributed by atoms with Crippen molar-refractivity contribution in [2.45, 2.75) is 25.3 Å². The standard InChI is InChI=1S/C18H19N3O7/c1-18(10-2-3-10)16(24)21(17(25)20-18)7-15(23)26-8-14(22)19-11-4-5-12-13(6-11)28-9-27-12/h4-6,10H,2-3,7-9H2,1H3,(H,19,22)(H,20,25)/t18-/m0/s1. The Balaban J connectivity index is 1.27. The van der Waals surface area contributed by atoms with E-state index in [1.165, 1.54) is 0 Å². The van der Waals surface area contributed by atoms with Crippen molar-refractivity contribution in [2.24, 2.45) is 5.92 Å². The Morgan fingerprint density at radius 3 is 2.79 bits per heavy atom. The number of esters is 1. The van der Waals surface area contributed by atoms with Gasteiger partial charge in [-0.1, -0.05) is 0 Å². The fraction of sp³-hybridized carbons (Fsp3) is 0.444. The van der Waals surface area contributed by atoms with Gasteiger partial charge < -0.3 is 24.8 Å². The van der Waals surface area contributed by atoms with E-state index in [1.807, 2.05) is 0 Å². The molecule has 1 saturated carbocycles. The van der Waals surface area contributed by atoms with Crippen LogP contribution in [0.15, 0.2) is 18.2 Å². The molecule has 1 aromatic rings. The molecule has 10 nitrogen and oxygen atoms in total. The van der Waals surface area contributed by atoms with Gasteiger partial charge in [0, 0.05) is 11.8 Å². The van der Waals surface area contributed by atoms with Crippen LogP contribution in [0.4, 0.5) is 10.5 Å². The molecule has 2 N–H and O–H groups in total. The Morgan fingerprint density at radius 2 is 2.04 bits per heavy atom. The summed E-state index contributed by atoms with van der Waals surface area (Å²) in [4.78, 5) is 49.3. The van der Waals surface area contributed by atoms with E-state index < -0.39 is 42.5 Å². The SMILES string of the molecule is C[C@@]1(C2CC2)NC(=O)N(CC(=O)OCC(=O)Nc2ccc3c(c2)OCO3)C1=O. The molecule has 1 saturated heterocycles. The lowest BCUT2D eigenvalue weighted by molar-refractivity contribution is -0.150. The third kappa shape index (κ3) is 3.32. The van der Waals surface area contributed by atoms with E-state index in [1.54, 1.807) is 25.1 Å². The van der Waals surface area contributed by atoms with Crippen LogP contribution in [0.3, 0.4) is 0 Å². The molecule has 4 amide bonds. The van der Waals surface area contributed by atoms with E-state index in [0.29, 0.717) is 17.2 Å². The summed E-state index contributed by atoms with van der Waals surface area (Å²) < 4.78 is 15.3. The molecule has 28 heavy (non-hydrogen) atoms. The molecule has 0 aromatic heterocycles. The Bertz CT molecular complexity index is 867. The number of urea groups is 1. The van der Waals surface area contributed by atoms with E-state index in [2.05, 4.69) is 10.6 Å². The van der Waals surface area contributed by atoms with E-state index >= 15 is 0 Å². The first-order chi connectivity index (χ1) is 13.4. The molecule has 1 aliphatic carbocycles. The van der Waals surface area contributed by atoms with Gasteiger partial charge in [0.05, 0.1) is 0 Å². The molecule has 2 heterocycles. The zero-order chi connectivity index (χ0) is 19.9. The number of nitrogens with zero attached hydrogens (tertiary/aromatic N) is 1. The second-order valence-corrected chi connectivity index (χ2v) is 7.07. The summed E-state index contributed by atoms with van der Waals surface area (Å²) in [6, 6.07) is 4.24. The van der Waals surface area contributed by atoms with Crippen molar-refractivity contribution >= 4 is 29.5 Å². The maximum absolute atomic E-state index is 12.5. The van der Waals surface area contributed by atoms with Crippen LogP contribution in [0, 0.1) is 5.92 Å². The normalized spacial score (nSPS) is 22.8. The number of amides is 4. The molecule has 2 fully saturated rings. The average Bonchev–Trinajstić information content (AvgIpc) is 3.38. The van der Waals surface area contributed by atoms with Crippen LogP contribution in [0.25, 0.3) is 0 Å². The third-order valence-electron chi connectivity index (χ3n) is 5.00. The number of anilines is 1. The van der Waals surface area contributed by atoms with Crippen molar-refractivity contribution in [1.29, 1.82) is 0 Å². The van der Waals surface area contributed by atoms with Crippen LogP contribution in [0.2, 0.25) is 0 Å². The number of rotatable bonds is 6. The molecular formula is C18H19N3O7. The number of fused-ring (bicyclic) bond motifs is 1. The number of carbonyl (C=O) groups is 4.